The van der Waals surface area contributed by atoms with E-state index in [1.807, 2.05) is 31.3 Å². The Balaban J connectivity index is 2.44. The summed E-state index contributed by atoms with van der Waals surface area (Å²) in [6.45, 7) is 1.96. The van der Waals surface area contributed by atoms with Crippen molar-refractivity contribution in [2.24, 2.45) is 5.73 Å². The first-order valence-electron chi connectivity index (χ1n) is 4.83. The highest BCUT2D eigenvalue weighted by Gasteiger charge is 2.07. The summed E-state index contributed by atoms with van der Waals surface area (Å²) < 4.78 is 3.74. The molecule has 0 aliphatic heterocycles. The molecule has 84 valence electrons. The minimum absolute atomic E-state index is 0.0368. The van der Waals surface area contributed by atoms with Crippen molar-refractivity contribution in [3.05, 3.63) is 45.1 Å². The number of nitrogens with zero attached hydrogens (tertiary/aromatic N) is 2. The van der Waals surface area contributed by atoms with Crippen molar-refractivity contribution in [1.29, 1.82) is 0 Å². The molecule has 0 saturated heterocycles. The van der Waals surface area contributed by atoms with E-state index in [-0.39, 0.29) is 6.04 Å². The van der Waals surface area contributed by atoms with E-state index < -0.39 is 0 Å². The Morgan fingerprint density at radius 2 is 2.12 bits per heavy atom. The minimum Gasteiger partial charge on any atom is -0.324 e. The van der Waals surface area contributed by atoms with Crippen LogP contribution in [-0.4, -0.2) is 9.78 Å². The molecule has 0 spiro atoms. The number of hydrogen-bond donors (Lipinski definition) is 1. The predicted octanol–water partition coefficient (Wildman–Crippen LogP) is 3.42. The zero-order chi connectivity index (χ0) is 11.7. The third-order valence-corrected chi connectivity index (χ3v) is 3.34. The van der Waals surface area contributed by atoms with E-state index in [0.29, 0.717) is 0 Å². The van der Waals surface area contributed by atoms with Crippen LogP contribution in [0.25, 0.3) is 5.69 Å². The van der Waals surface area contributed by atoms with Gasteiger partial charge in [-0.05, 0) is 56.5 Å². The summed E-state index contributed by atoms with van der Waals surface area (Å²) in [7, 11) is 0. The van der Waals surface area contributed by atoms with E-state index in [1.165, 1.54) is 0 Å². The van der Waals surface area contributed by atoms with Gasteiger partial charge in [0.05, 0.1) is 16.4 Å². The summed E-state index contributed by atoms with van der Waals surface area (Å²) >= 11 is 6.90. The van der Waals surface area contributed by atoms with Crippen LogP contribution in [0.4, 0.5) is 0 Å². The largest absolute Gasteiger partial charge is 0.324 e. The topological polar surface area (TPSA) is 43.8 Å². The summed E-state index contributed by atoms with van der Waals surface area (Å²) in [6.07, 6.45) is 3.66. The van der Waals surface area contributed by atoms with Crippen molar-refractivity contribution in [2.75, 3.05) is 0 Å². The second-order valence-electron chi connectivity index (χ2n) is 3.60. The quantitative estimate of drug-likeness (QED) is 0.907. The Morgan fingerprint density at radius 3 is 2.62 bits per heavy atom. The Labute approximate surface area is 111 Å². The molecule has 2 aromatic rings. The maximum Gasteiger partial charge on any atom is 0.0788 e. The van der Waals surface area contributed by atoms with Crippen LogP contribution in [0.15, 0.2) is 39.5 Å². The Bertz CT molecular complexity index is 506. The van der Waals surface area contributed by atoms with Crippen molar-refractivity contribution < 1.29 is 0 Å². The molecule has 0 aliphatic carbocycles. The molecule has 0 bridgehead atoms. The lowest BCUT2D eigenvalue weighted by Crippen LogP contribution is -2.05. The van der Waals surface area contributed by atoms with Gasteiger partial charge in [0.15, 0.2) is 0 Å². The summed E-state index contributed by atoms with van der Waals surface area (Å²) in [5.74, 6) is 0. The van der Waals surface area contributed by atoms with Crippen LogP contribution in [0.5, 0.6) is 0 Å². The highest BCUT2D eigenvalue weighted by Crippen LogP contribution is 2.25. The lowest BCUT2D eigenvalue weighted by Gasteiger charge is -2.09. The van der Waals surface area contributed by atoms with Crippen molar-refractivity contribution in [1.82, 2.24) is 9.78 Å². The molecule has 2 N–H and O–H groups in total. The van der Waals surface area contributed by atoms with Gasteiger partial charge in [0.25, 0.3) is 0 Å². The molecular formula is C11H11Br2N3. The van der Waals surface area contributed by atoms with E-state index >= 15 is 0 Å². The molecule has 0 unspecified atom stereocenters. The number of benzene rings is 1. The van der Waals surface area contributed by atoms with E-state index in [4.69, 9.17) is 5.73 Å². The first kappa shape index (κ1) is 11.8. The normalized spacial score (nSPS) is 12.8. The number of aromatic nitrogens is 2. The second-order valence-corrected chi connectivity index (χ2v) is 5.37. The molecule has 3 nitrogen and oxygen atoms in total. The van der Waals surface area contributed by atoms with Gasteiger partial charge in [-0.1, -0.05) is 6.07 Å². The smallest absolute Gasteiger partial charge is 0.0788 e. The van der Waals surface area contributed by atoms with Crippen molar-refractivity contribution in [2.45, 2.75) is 13.0 Å². The maximum atomic E-state index is 5.82. The summed E-state index contributed by atoms with van der Waals surface area (Å²) in [5.41, 5.74) is 7.92. The van der Waals surface area contributed by atoms with Crippen molar-refractivity contribution in [3.63, 3.8) is 0 Å². The number of rotatable bonds is 2. The second kappa shape index (κ2) is 4.69. The Hall–Kier alpha value is -0.650. The van der Waals surface area contributed by atoms with E-state index in [2.05, 4.69) is 37.0 Å². The molecule has 0 aliphatic rings. The van der Waals surface area contributed by atoms with Gasteiger partial charge in [0, 0.05) is 16.7 Å². The maximum absolute atomic E-state index is 5.82. The summed E-state index contributed by atoms with van der Waals surface area (Å²) in [4.78, 5) is 0. The van der Waals surface area contributed by atoms with Gasteiger partial charge in [0.1, 0.15) is 0 Å². The molecule has 0 radical (unpaired) electrons. The third kappa shape index (κ3) is 2.36. The molecule has 1 aromatic carbocycles. The van der Waals surface area contributed by atoms with E-state index in [1.54, 1.807) is 10.9 Å². The molecule has 2 rings (SSSR count). The van der Waals surface area contributed by atoms with Gasteiger partial charge < -0.3 is 5.73 Å². The van der Waals surface area contributed by atoms with Crippen molar-refractivity contribution in [3.8, 4) is 5.69 Å². The average Bonchev–Trinajstić information content (AvgIpc) is 2.64. The van der Waals surface area contributed by atoms with Gasteiger partial charge in [-0.2, -0.15) is 5.10 Å². The van der Waals surface area contributed by atoms with Crippen LogP contribution in [0.1, 0.15) is 18.5 Å². The monoisotopic (exact) mass is 343 g/mol. The molecule has 0 amide bonds. The SMILES string of the molecule is C[C@@H](N)c1ccc(-n2cc(Br)cn2)c(Br)c1. The average molecular weight is 345 g/mol. The zero-order valence-corrected chi connectivity index (χ0v) is 11.9. The van der Waals surface area contributed by atoms with Gasteiger partial charge >= 0.3 is 0 Å². The van der Waals surface area contributed by atoms with Crippen LogP contribution < -0.4 is 5.73 Å². The highest BCUT2D eigenvalue weighted by molar-refractivity contribution is 9.10. The van der Waals surface area contributed by atoms with Gasteiger partial charge in [-0.3, -0.25) is 0 Å². The summed E-state index contributed by atoms with van der Waals surface area (Å²) in [6, 6.07) is 6.08. The number of halogens is 2. The van der Waals surface area contributed by atoms with Crippen LogP contribution in [-0.2, 0) is 0 Å². The standard InChI is InChI=1S/C11H11Br2N3/c1-7(14)8-2-3-11(10(13)4-8)16-6-9(12)5-15-16/h2-7H,14H2,1H3/t7-/m1/s1. The molecular weight excluding hydrogens is 334 g/mol. The van der Waals surface area contributed by atoms with E-state index in [9.17, 15) is 0 Å². The van der Waals surface area contributed by atoms with Crippen molar-refractivity contribution >= 4 is 31.9 Å². The molecule has 0 fully saturated rings. The fourth-order valence-electron chi connectivity index (χ4n) is 1.42. The molecule has 1 heterocycles. The minimum atomic E-state index is 0.0368. The first-order chi connectivity index (χ1) is 7.58. The fraction of sp³-hybridized carbons (Fsp3) is 0.182. The first-order valence-corrected chi connectivity index (χ1v) is 6.42. The number of hydrogen-bond acceptors (Lipinski definition) is 2. The number of nitrogens with two attached hydrogens (primary N) is 1. The fourth-order valence-corrected chi connectivity index (χ4v) is 2.29. The molecule has 0 saturated carbocycles. The van der Waals surface area contributed by atoms with Gasteiger partial charge in [-0.15, -0.1) is 0 Å². The molecule has 5 heteroatoms. The van der Waals surface area contributed by atoms with Crippen LogP contribution >= 0.6 is 31.9 Å². The molecule has 1 atom stereocenters. The lowest BCUT2D eigenvalue weighted by molar-refractivity contribution is 0.812. The van der Waals surface area contributed by atoms with Crippen LogP contribution in [0.3, 0.4) is 0 Å². The van der Waals surface area contributed by atoms with Crippen LogP contribution in [0.2, 0.25) is 0 Å². The van der Waals surface area contributed by atoms with Crippen LogP contribution in [0, 0.1) is 0 Å². The molecule has 1 aromatic heterocycles. The Kier molecular flexibility index (Phi) is 3.47. The van der Waals surface area contributed by atoms with E-state index in [0.717, 1.165) is 20.2 Å². The third-order valence-electron chi connectivity index (χ3n) is 2.30. The lowest BCUT2D eigenvalue weighted by atomic mass is 10.1. The summed E-state index contributed by atoms with van der Waals surface area (Å²) in [5, 5.41) is 4.23. The van der Waals surface area contributed by atoms with Gasteiger partial charge in [0.2, 0.25) is 0 Å². The highest BCUT2D eigenvalue weighted by atomic mass is 79.9. The Morgan fingerprint density at radius 1 is 1.38 bits per heavy atom. The zero-order valence-electron chi connectivity index (χ0n) is 8.69. The van der Waals surface area contributed by atoms with Gasteiger partial charge in [-0.25, -0.2) is 4.68 Å². The molecule has 16 heavy (non-hydrogen) atoms. The predicted molar refractivity (Wildman–Crippen MR) is 71.6 cm³/mol.